The molecule has 0 radical (unpaired) electrons. The van der Waals surface area contributed by atoms with Crippen molar-refractivity contribution in [3.05, 3.63) is 78.4 Å². The van der Waals surface area contributed by atoms with Crippen LogP contribution in [0.4, 0.5) is 5.82 Å². The molecule has 4 heteroatoms. The minimum atomic E-state index is 0.0672. The third kappa shape index (κ3) is 2.87. The van der Waals surface area contributed by atoms with Gasteiger partial charge in [0.05, 0.1) is 11.4 Å². The number of carbonyl (C=O) groups excluding carboxylic acids is 1. The molecular weight excluding hydrogens is 310 g/mol. The van der Waals surface area contributed by atoms with E-state index < -0.39 is 0 Å². The van der Waals surface area contributed by atoms with Crippen LogP contribution in [-0.2, 0) is 4.79 Å². The van der Waals surface area contributed by atoms with Gasteiger partial charge < -0.3 is 0 Å². The molecule has 1 aromatic heterocycles. The summed E-state index contributed by atoms with van der Waals surface area (Å²) in [4.78, 5) is 14.1. The molecule has 1 aliphatic heterocycles. The summed E-state index contributed by atoms with van der Waals surface area (Å²) in [5, 5.41) is 4.78. The van der Waals surface area contributed by atoms with Crippen LogP contribution in [-0.4, -0.2) is 22.2 Å². The van der Waals surface area contributed by atoms with Crippen molar-refractivity contribution in [2.75, 3.05) is 11.4 Å². The quantitative estimate of drug-likeness (QED) is 0.677. The predicted molar refractivity (Wildman–Crippen MR) is 99.8 cm³/mol. The topological polar surface area (TPSA) is 38.1 Å². The molecule has 3 aromatic rings. The second kappa shape index (κ2) is 6.06. The summed E-state index contributed by atoms with van der Waals surface area (Å²) in [5.41, 5.74) is 4.96. The molecule has 0 unspecified atom stereocenters. The maximum Gasteiger partial charge on any atom is 0.232 e. The van der Waals surface area contributed by atoms with Gasteiger partial charge in [0.15, 0.2) is 0 Å². The number of amides is 1. The van der Waals surface area contributed by atoms with E-state index in [4.69, 9.17) is 5.10 Å². The number of aromatic nitrogens is 2. The molecule has 1 saturated heterocycles. The number of aryl methyl sites for hydroxylation is 1. The van der Waals surface area contributed by atoms with Crippen molar-refractivity contribution in [2.45, 2.75) is 13.3 Å². The van der Waals surface area contributed by atoms with Crippen LogP contribution in [0.2, 0.25) is 0 Å². The van der Waals surface area contributed by atoms with Crippen molar-refractivity contribution in [3.8, 4) is 16.9 Å². The fourth-order valence-electron chi connectivity index (χ4n) is 3.07. The highest BCUT2D eigenvalue weighted by atomic mass is 16.2. The Labute approximate surface area is 147 Å². The van der Waals surface area contributed by atoms with Gasteiger partial charge in [-0.3, -0.25) is 9.69 Å². The lowest BCUT2D eigenvalue weighted by atomic mass is 10.1. The SMILES string of the molecule is C=C1CC(=O)N(c2cc(-c3ccc(C)cc3)nn2-c2ccccc2)C1. The molecule has 0 aliphatic carbocycles. The zero-order valence-electron chi connectivity index (χ0n) is 14.1. The number of anilines is 1. The molecule has 1 amide bonds. The summed E-state index contributed by atoms with van der Waals surface area (Å²) < 4.78 is 1.84. The zero-order chi connectivity index (χ0) is 17.4. The van der Waals surface area contributed by atoms with Gasteiger partial charge in [0.1, 0.15) is 5.82 Å². The standard InChI is InChI=1S/C21H19N3O/c1-15-8-10-17(11-9-15)19-13-20(23-14-16(2)12-21(23)25)24(22-19)18-6-4-3-5-7-18/h3-11,13H,2,12,14H2,1H3. The highest BCUT2D eigenvalue weighted by Gasteiger charge is 2.28. The fourth-order valence-corrected chi connectivity index (χ4v) is 3.07. The van der Waals surface area contributed by atoms with Crippen LogP contribution in [0.15, 0.2) is 72.8 Å². The van der Waals surface area contributed by atoms with Crippen molar-refractivity contribution in [3.63, 3.8) is 0 Å². The van der Waals surface area contributed by atoms with Crippen molar-refractivity contribution in [1.29, 1.82) is 0 Å². The first kappa shape index (κ1) is 15.4. The zero-order valence-corrected chi connectivity index (χ0v) is 14.1. The van der Waals surface area contributed by atoms with E-state index in [1.54, 1.807) is 4.90 Å². The Balaban J connectivity index is 1.85. The molecule has 0 bridgehead atoms. The van der Waals surface area contributed by atoms with Gasteiger partial charge in [-0.15, -0.1) is 0 Å². The van der Waals surface area contributed by atoms with Crippen LogP contribution in [0.5, 0.6) is 0 Å². The van der Waals surface area contributed by atoms with Crippen LogP contribution >= 0.6 is 0 Å². The van der Waals surface area contributed by atoms with E-state index in [9.17, 15) is 4.79 Å². The Morgan fingerprint density at radius 3 is 2.40 bits per heavy atom. The highest BCUT2D eigenvalue weighted by molar-refractivity contribution is 5.98. The van der Waals surface area contributed by atoms with E-state index in [2.05, 4.69) is 37.8 Å². The number of para-hydroxylation sites is 1. The molecule has 4 nitrogen and oxygen atoms in total. The van der Waals surface area contributed by atoms with Crippen LogP contribution in [0.25, 0.3) is 16.9 Å². The van der Waals surface area contributed by atoms with Crippen molar-refractivity contribution >= 4 is 11.7 Å². The first-order valence-corrected chi connectivity index (χ1v) is 8.31. The predicted octanol–water partition coefficient (Wildman–Crippen LogP) is 4.14. The van der Waals surface area contributed by atoms with Crippen LogP contribution in [0.3, 0.4) is 0 Å². The third-order valence-corrected chi connectivity index (χ3v) is 4.40. The van der Waals surface area contributed by atoms with Crippen LogP contribution < -0.4 is 4.90 Å². The van der Waals surface area contributed by atoms with Gasteiger partial charge in [0.25, 0.3) is 0 Å². The first-order valence-electron chi connectivity index (χ1n) is 8.31. The molecular formula is C21H19N3O. The Kier molecular flexibility index (Phi) is 3.73. The molecule has 0 spiro atoms. The second-order valence-corrected chi connectivity index (χ2v) is 6.41. The van der Waals surface area contributed by atoms with Gasteiger partial charge in [0.2, 0.25) is 5.91 Å². The number of rotatable bonds is 3. The minimum absolute atomic E-state index is 0.0672. The van der Waals surface area contributed by atoms with Crippen molar-refractivity contribution < 1.29 is 4.79 Å². The number of hydrogen-bond acceptors (Lipinski definition) is 2. The maximum atomic E-state index is 12.4. The molecule has 25 heavy (non-hydrogen) atoms. The normalized spacial score (nSPS) is 14.4. The first-order chi connectivity index (χ1) is 12.1. The second-order valence-electron chi connectivity index (χ2n) is 6.41. The summed E-state index contributed by atoms with van der Waals surface area (Å²) >= 11 is 0. The lowest BCUT2D eigenvalue weighted by molar-refractivity contribution is -0.116. The van der Waals surface area contributed by atoms with Gasteiger partial charge in [-0.25, -0.2) is 4.68 Å². The Hall–Kier alpha value is -3.14. The molecule has 4 rings (SSSR count). The molecule has 0 saturated carbocycles. The number of nitrogens with zero attached hydrogens (tertiary/aromatic N) is 3. The molecule has 1 aliphatic rings. The van der Waals surface area contributed by atoms with E-state index in [0.29, 0.717) is 13.0 Å². The molecule has 1 fully saturated rings. The number of carbonyl (C=O) groups is 1. The third-order valence-electron chi connectivity index (χ3n) is 4.40. The van der Waals surface area contributed by atoms with Gasteiger partial charge in [-0.05, 0) is 24.6 Å². The summed E-state index contributed by atoms with van der Waals surface area (Å²) in [7, 11) is 0. The summed E-state index contributed by atoms with van der Waals surface area (Å²) in [5.74, 6) is 0.850. The Morgan fingerprint density at radius 1 is 1.04 bits per heavy atom. The van der Waals surface area contributed by atoms with Gasteiger partial charge >= 0.3 is 0 Å². The van der Waals surface area contributed by atoms with Crippen molar-refractivity contribution in [2.24, 2.45) is 0 Å². The van der Waals surface area contributed by atoms with E-state index in [0.717, 1.165) is 28.3 Å². The molecule has 124 valence electrons. The average Bonchev–Trinajstić information content (AvgIpc) is 3.19. The average molecular weight is 329 g/mol. The monoisotopic (exact) mass is 329 g/mol. The van der Waals surface area contributed by atoms with Gasteiger partial charge in [-0.1, -0.05) is 54.6 Å². The lowest BCUT2D eigenvalue weighted by Crippen LogP contribution is -2.26. The maximum absolute atomic E-state index is 12.4. The van der Waals surface area contributed by atoms with Gasteiger partial charge in [0, 0.05) is 24.6 Å². The molecule has 0 N–H and O–H groups in total. The molecule has 2 heterocycles. The van der Waals surface area contributed by atoms with Crippen LogP contribution in [0, 0.1) is 6.92 Å². The van der Waals surface area contributed by atoms with E-state index >= 15 is 0 Å². The van der Waals surface area contributed by atoms with Crippen molar-refractivity contribution in [1.82, 2.24) is 9.78 Å². The number of benzene rings is 2. The summed E-state index contributed by atoms with van der Waals surface area (Å²) in [6.45, 7) is 6.57. The van der Waals surface area contributed by atoms with E-state index in [1.165, 1.54) is 5.56 Å². The highest BCUT2D eigenvalue weighted by Crippen LogP contribution is 2.31. The summed E-state index contributed by atoms with van der Waals surface area (Å²) in [6.07, 6.45) is 0.403. The fraction of sp³-hybridized carbons (Fsp3) is 0.143. The Bertz CT molecular complexity index is 939. The Morgan fingerprint density at radius 2 is 1.76 bits per heavy atom. The minimum Gasteiger partial charge on any atom is -0.292 e. The lowest BCUT2D eigenvalue weighted by Gasteiger charge is -2.16. The number of hydrogen-bond donors (Lipinski definition) is 0. The van der Waals surface area contributed by atoms with Crippen LogP contribution in [0.1, 0.15) is 12.0 Å². The van der Waals surface area contributed by atoms with Gasteiger partial charge in [-0.2, -0.15) is 5.10 Å². The smallest absolute Gasteiger partial charge is 0.232 e. The molecule has 2 aromatic carbocycles. The molecule has 0 atom stereocenters. The largest absolute Gasteiger partial charge is 0.292 e. The summed E-state index contributed by atoms with van der Waals surface area (Å²) in [6, 6.07) is 20.1. The van der Waals surface area contributed by atoms with E-state index in [1.807, 2.05) is 41.1 Å². The van der Waals surface area contributed by atoms with E-state index in [-0.39, 0.29) is 5.91 Å².